The molecule has 1 saturated heterocycles. The van der Waals surface area contributed by atoms with Gasteiger partial charge in [-0.05, 0) is 19.1 Å². The third-order valence-corrected chi connectivity index (χ3v) is 3.42. The van der Waals surface area contributed by atoms with Gasteiger partial charge in [0, 0.05) is 10.5 Å². The van der Waals surface area contributed by atoms with Gasteiger partial charge in [0.2, 0.25) is 0 Å². The zero-order valence-corrected chi connectivity index (χ0v) is 8.84. The Morgan fingerprint density at radius 1 is 1.50 bits per heavy atom. The van der Waals surface area contributed by atoms with Crippen molar-refractivity contribution in [3.05, 3.63) is 29.3 Å². The first-order valence-electron chi connectivity index (χ1n) is 4.60. The largest absolute Gasteiger partial charge is 0.379 e. The van der Waals surface area contributed by atoms with Crippen LogP contribution in [0.1, 0.15) is 15.9 Å². The Morgan fingerprint density at radius 3 is 2.86 bits per heavy atom. The highest BCUT2D eigenvalue weighted by Crippen LogP contribution is 2.30. The summed E-state index contributed by atoms with van der Waals surface area (Å²) in [4.78, 5) is 11.9. The number of aldehydes is 1. The summed E-state index contributed by atoms with van der Waals surface area (Å²) in [5, 5.41) is 0.524. The number of hydrogen-bond acceptors (Lipinski definition) is 3. The Kier molecular flexibility index (Phi) is 2.89. The maximum Gasteiger partial charge on any atom is 0.151 e. The minimum atomic E-state index is 0.524. The molecule has 1 aromatic rings. The Labute approximate surface area is 87.6 Å². The molecule has 3 heteroatoms. The first-order chi connectivity index (χ1) is 6.79. The minimum absolute atomic E-state index is 0.524. The Bertz CT molecular complexity index is 345. The van der Waals surface area contributed by atoms with E-state index in [-0.39, 0.29) is 0 Å². The van der Waals surface area contributed by atoms with Crippen molar-refractivity contribution in [3.63, 3.8) is 0 Å². The molecule has 1 aliphatic heterocycles. The highest BCUT2D eigenvalue weighted by atomic mass is 32.2. The van der Waals surface area contributed by atoms with Gasteiger partial charge in [0.15, 0.2) is 6.29 Å². The first kappa shape index (κ1) is 9.74. The second kappa shape index (κ2) is 4.15. The SMILES string of the molecule is Cc1ccc(SC2COC2)c(C=O)c1. The van der Waals surface area contributed by atoms with Crippen LogP contribution in [0.25, 0.3) is 0 Å². The summed E-state index contributed by atoms with van der Waals surface area (Å²) in [5.41, 5.74) is 1.92. The van der Waals surface area contributed by atoms with Gasteiger partial charge in [-0.1, -0.05) is 11.6 Å². The lowest BCUT2D eigenvalue weighted by Crippen LogP contribution is -2.30. The summed E-state index contributed by atoms with van der Waals surface area (Å²) >= 11 is 1.73. The number of thioether (sulfide) groups is 1. The van der Waals surface area contributed by atoms with Crippen molar-refractivity contribution in [2.75, 3.05) is 13.2 Å². The van der Waals surface area contributed by atoms with E-state index in [1.807, 2.05) is 25.1 Å². The van der Waals surface area contributed by atoms with Crippen LogP contribution in [0.2, 0.25) is 0 Å². The lowest BCUT2D eigenvalue weighted by molar-refractivity contribution is 0.0455. The van der Waals surface area contributed by atoms with Crippen molar-refractivity contribution in [3.8, 4) is 0 Å². The number of benzene rings is 1. The summed E-state index contributed by atoms with van der Waals surface area (Å²) in [7, 11) is 0. The lowest BCUT2D eigenvalue weighted by atomic mass is 10.2. The predicted octanol–water partition coefficient (Wildman–Crippen LogP) is 2.30. The molecular weight excluding hydrogens is 196 g/mol. The van der Waals surface area contributed by atoms with Crippen LogP contribution in [0.5, 0.6) is 0 Å². The summed E-state index contributed by atoms with van der Waals surface area (Å²) in [6.07, 6.45) is 0.925. The standard InChI is InChI=1S/C11H12O2S/c1-8-2-3-11(9(4-8)5-12)14-10-6-13-7-10/h2-5,10H,6-7H2,1H3. The zero-order valence-electron chi connectivity index (χ0n) is 8.03. The predicted molar refractivity (Wildman–Crippen MR) is 57.0 cm³/mol. The molecule has 1 heterocycles. The third-order valence-electron chi connectivity index (χ3n) is 2.19. The first-order valence-corrected chi connectivity index (χ1v) is 5.48. The van der Waals surface area contributed by atoms with Crippen LogP contribution in [0, 0.1) is 6.92 Å². The number of aryl methyl sites for hydroxylation is 1. The number of carbonyl (C=O) groups is 1. The van der Waals surface area contributed by atoms with E-state index in [1.54, 1.807) is 11.8 Å². The van der Waals surface area contributed by atoms with Crippen LogP contribution in [-0.4, -0.2) is 24.7 Å². The quantitative estimate of drug-likeness (QED) is 0.713. The van der Waals surface area contributed by atoms with Crippen molar-refractivity contribution in [2.45, 2.75) is 17.1 Å². The molecule has 2 rings (SSSR count). The van der Waals surface area contributed by atoms with Crippen molar-refractivity contribution < 1.29 is 9.53 Å². The topological polar surface area (TPSA) is 26.3 Å². The van der Waals surface area contributed by atoms with E-state index in [2.05, 4.69) is 0 Å². The van der Waals surface area contributed by atoms with E-state index in [9.17, 15) is 4.79 Å². The van der Waals surface area contributed by atoms with Gasteiger partial charge in [0.1, 0.15) is 0 Å². The van der Waals surface area contributed by atoms with E-state index in [4.69, 9.17) is 4.74 Å². The van der Waals surface area contributed by atoms with E-state index >= 15 is 0 Å². The van der Waals surface area contributed by atoms with Crippen LogP contribution in [0.3, 0.4) is 0 Å². The lowest BCUT2D eigenvalue weighted by Gasteiger charge is -2.25. The van der Waals surface area contributed by atoms with Gasteiger partial charge in [0.25, 0.3) is 0 Å². The van der Waals surface area contributed by atoms with E-state index in [0.717, 1.165) is 35.5 Å². The second-order valence-corrected chi connectivity index (χ2v) is 4.78. The summed E-state index contributed by atoms with van der Waals surface area (Å²) in [6.45, 7) is 3.60. The molecule has 14 heavy (non-hydrogen) atoms. The summed E-state index contributed by atoms with van der Waals surface area (Å²) in [6, 6.07) is 5.98. The third kappa shape index (κ3) is 1.99. The van der Waals surface area contributed by atoms with Crippen molar-refractivity contribution in [1.29, 1.82) is 0 Å². The van der Waals surface area contributed by atoms with Gasteiger partial charge in [0.05, 0.1) is 18.5 Å². The molecule has 0 atom stereocenters. The van der Waals surface area contributed by atoms with E-state index < -0.39 is 0 Å². The van der Waals surface area contributed by atoms with Gasteiger partial charge < -0.3 is 4.74 Å². The van der Waals surface area contributed by atoms with Crippen molar-refractivity contribution in [1.82, 2.24) is 0 Å². The average molecular weight is 208 g/mol. The molecule has 0 saturated carbocycles. The van der Waals surface area contributed by atoms with Crippen LogP contribution in [-0.2, 0) is 4.74 Å². The molecule has 0 unspecified atom stereocenters. The maximum atomic E-state index is 10.8. The highest BCUT2D eigenvalue weighted by molar-refractivity contribution is 8.00. The van der Waals surface area contributed by atoms with E-state index in [0.29, 0.717) is 5.25 Å². The van der Waals surface area contributed by atoms with Crippen molar-refractivity contribution in [2.24, 2.45) is 0 Å². The molecule has 0 bridgehead atoms. The molecular formula is C11H12O2S. The fourth-order valence-electron chi connectivity index (χ4n) is 1.33. The van der Waals surface area contributed by atoms with Crippen LogP contribution in [0.15, 0.2) is 23.1 Å². The molecule has 0 spiro atoms. The summed E-state index contributed by atoms with van der Waals surface area (Å²) in [5.74, 6) is 0. The van der Waals surface area contributed by atoms with Crippen LogP contribution in [0.4, 0.5) is 0 Å². The molecule has 0 N–H and O–H groups in total. The van der Waals surface area contributed by atoms with Crippen LogP contribution >= 0.6 is 11.8 Å². The molecule has 1 aliphatic rings. The molecule has 1 aromatic carbocycles. The highest BCUT2D eigenvalue weighted by Gasteiger charge is 2.20. The Hall–Kier alpha value is -0.800. The molecule has 1 fully saturated rings. The molecule has 0 aromatic heterocycles. The molecule has 0 aliphatic carbocycles. The maximum absolute atomic E-state index is 10.8. The summed E-state index contributed by atoms with van der Waals surface area (Å²) < 4.78 is 5.10. The van der Waals surface area contributed by atoms with Crippen molar-refractivity contribution >= 4 is 18.0 Å². The molecule has 0 amide bonds. The van der Waals surface area contributed by atoms with Gasteiger partial charge in [-0.2, -0.15) is 0 Å². The number of ether oxygens (including phenoxy) is 1. The molecule has 74 valence electrons. The van der Waals surface area contributed by atoms with Gasteiger partial charge in [-0.3, -0.25) is 4.79 Å². The number of rotatable bonds is 3. The van der Waals surface area contributed by atoms with Gasteiger partial charge in [-0.25, -0.2) is 0 Å². The average Bonchev–Trinajstić information content (AvgIpc) is 2.13. The van der Waals surface area contributed by atoms with E-state index in [1.165, 1.54) is 0 Å². The minimum Gasteiger partial charge on any atom is -0.379 e. The van der Waals surface area contributed by atoms with Crippen LogP contribution < -0.4 is 0 Å². The molecule has 2 nitrogen and oxygen atoms in total. The Morgan fingerprint density at radius 2 is 2.29 bits per heavy atom. The normalized spacial score (nSPS) is 16.4. The fourth-order valence-corrected chi connectivity index (χ4v) is 2.41. The van der Waals surface area contributed by atoms with Gasteiger partial charge >= 0.3 is 0 Å². The smallest absolute Gasteiger partial charge is 0.151 e. The zero-order chi connectivity index (χ0) is 9.97. The van der Waals surface area contributed by atoms with Gasteiger partial charge in [-0.15, -0.1) is 11.8 Å². The monoisotopic (exact) mass is 208 g/mol. The number of hydrogen-bond donors (Lipinski definition) is 0. The number of carbonyl (C=O) groups excluding carboxylic acids is 1. The molecule has 0 radical (unpaired) electrons. The Balaban J connectivity index is 2.18. The second-order valence-electron chi connectivity index (χ2n) is 3.44. The fraction of sp³-hybridized carbons (Fsp3) is 0.364.